The third-order valence-electron chi connectivity index (χ3n) is 2.59. The molecule has 15 heavy (non-hydrogen) atoms. The van der Waals surface area contributed by atoms with Crippen LogP contribution in [-0.4, -0.2) is 12.5 Å². The second kappa shape index (κ2) is 6.73. The van der Waals surface area contributed by atoms with Crippen molar-refractivity contribution in [3.8, 4) is 5.75 Å². The van der Waals surface area contributed by atoms with Crippen molar-refractivity contribution in [3.63, 3.8) is 0 Å². The molecule has 0 saturated carbocycles. The van der Waals surface area contributed by atoms with E-state index in [2.05, 4.69) is 19.9 Å². The predicted molar refractivity (Wildman–Crippen MR) is 66.0 cm³/mol. The van der Waals surface area contributed by atoms with Crippen LogP contribution in [0.5, 0.6) is 5.75 Å². The summed E-state index contributed by atoms with van der Waals surface area (Å²) >= 11 is 5.60. The Kier molecular flexibility index (Phi) is 5.56. The van der Waals surface area contributed by atoms with Gasteiger partial charge >= 0.3 is 0 Å². The molecule has 2 heteroatoms. The minimum absolute atomic E-state index is 0.753. The quantitative estimate of drug-likeness (QED) is 0.525. The summed E-state index contributed by atoms with van der Waals surface area (Å²) in [5.41, 5.74) is 2.53. The van der Waals surface area contributed by atoms with Gasteiger partial charge in [-0.25, -0.2) is 0 Å². The molecule has 0 aromatic heterocycles. The van der Waals surface area contributed by atoms with Gasteiger partial charge in [0.2, 0.25) is 0 Å². The molecule has 0 aliphatic heterocycles. The largest absolute Gasteiger partial charge is 0.493 e. The molecular formula is C13H19ClO. The van der Waals surface area contributed by atoms with Gasteiger partial charge in [0.05, 0.1) is 6.61 Å². The molecule has 0 radical (unpaired) electrons. The van der Waals surface area contributed by atoms with Crippen molar-refractivity contribution in [1.82, 2.24) is 0 Å². The smallest absolute Gasteiger partial charge is 0.122 e. The zero-order chi connectivity index (χ0) is 11.1. The van der Waals surface area contributed by atoms with Crippen molar-refractivity contribution in [3.05, 3.63) is 29.3 Å². The number of rotatable bonds is 6. The van der Waals surface area contributed by atoms with E-state index < -0.39 is 0 Å². The first-order valence-corrected chi connectivity index (χ1v) is 6.04. The molecule has 0 N–H and O–H groups in total. The molecule has 0 unspecified atom stereocenters. The van der Waals surface area contributed by atoms with Crippen LogP contribution in [-0.2, 0) is 0 Å². The number of hydrogen-bond donors (Lipinski definition) is 0. The maximum absolute atomic E-state index is 5.72. The minimum atomic E-state index is 0.753. The molecule has 0 fully saturated rings. The first kappa shape index (κ1) is 12.4. The summed E-state index contributed by atoms with van der Waals surface area (Å²) in [5.74, 6) is 1.77. The molecule has 1 aromatic rings. The molecule has 1 aromatic carbocycles. The Morgan fingerprint density at radius 1 is 1.13 bits per heavy atom. The highest BCUT2D eigenvalue weighted by Crippen LogP contribution is 2.20. The van der Waals surface area contributed by atoms with Gasteiger partial charge in [-0.3, -0.25) is 0 Å². The lowest BCUT2D eigenvalue weighted by molar-refractivity contribution is 0.304. The van der Waals surface area contributed by atoms with Crippen LogP contribution in [0.4, 0.5) is 0 Å². The lowest BCUT2D eigenvalue weighted by Gasteiger charge is -2.10. The molecule has 0 spiro atoms. The Bertz CT molecular complexity index is 297. The molecule has 0 atom stereocenters. The molecular weight excluding hydrogens is 208 g/mol. The van der Waals surface area contributed by atoms with E-state index in [1.807, 2.05) is 12.1 Å². The average Bonchev–Trinajstić information content (AvgIpc) is 2.24. The van der Waals surface area contributed by atoms with Crippen molar-refractivity contribution >= 4 is 11.6 Å². The molecule has 0 aliphatic rings. The van der Waals surface area contributed by atoms with Gasteiger partial charge < -0.3 is 4.74 Å². The van der Waals surface area contributed by atoms with Gasteiger partial charge in [0, 0.05) is 5.88 Å². The van der Waals surface area contributed by atoms with Crippen molar-refractivity contribution in [2.75, 3.05) is 12.5 Å². The van der Waals surface area contributed by atoms with Crippen molar-refractivity contribution in [1.29, 1.82) is 0 Å². The number of unbranched alkanes of at least 4 members (excludes halogenated alkanes) is 2. The van der Waals surface area contributed by atoms with E-state index in [4.69, 9.17) is 16.3 Å². The maximum Gasteiger partial charge on any atom is 0.122 e. The van der Waals surface area contributed by atoms with Crippen LogP contribution in [0, 0.1) is 13.8 Å². The van der Waals surface area contributed by atoms with Crippen LogP contribution in [0.2, 0.25) is 0 Å². The molecule has 0 heterocycles. The number of halogens is 1. The third-order valence-corrected chi connectivity index (χ3v) is 2.86. The summed E-state index contributed by atoms with van der Waals surface area (Å²) in [7, 11) is 0. The lowest BCUT2D eigenvalue weighted by atomic mass is 10.1. The molecule has 84 valence electrons. The first-order valence-electron chi connectivity index (χ1n) is 5.50. The summed E-state index contributed by atoms with van der Waals surface area (Å²) in [5, 5.41) is 0. The highest BCUT2D eigenvalue weighted by molar-refractivity contribution is 6.17. The Morgan fingerprint density at radius 3 is 2.67 bits per heavy atom. The fourth-order valence-corrected chi connectivity index (χ4v) is 1.62. The summed E-state index contributed by atoms with van der Waals surface area (Å²) in [6, 6.07) is 6.18. The molecule has 1 nitrogen and oxygen atoms in total. The predicted octanol–water partition coefficient (Wildman–Crippen LogP) is 4.09. The van der Waals surface area contributed by atoms with Gasteiger partial charge in [0.25, 0.3) is 0 Å². The molecule has 0 aliphatic carbocycles. The topological polar surface area (TPSA) is 9.23 Å². The standard InChI is InChI=1S/C13H19ClO/c1-11-7-6-8-13(12(11)2)15-10-5-3-4-9-14/h6-8H,3-5,9-10H2,1-2H3. The van der Waals surface area contributed by atoms with E-state index in [1.165, 1.54) is 11.1 Å². The monoisotopic (exact) mass is 226 g/mol. The van der Waals surface area contributed by atoms with Crippen LogP contribution < -0.4 is 4.74 Å². The number of benzene rings is 1. The van der Waals surface area contributed by atoms with Crippen LogP contribution in [0.3, 0.4) is 0 Å². The second-order valence-electron chi connectivity index (χ2n) is 3.80. The van der Waals surface area contributed by atoms with Crippen molar-refractivity contribution in [2.45, 2.75) is 33.1 Å². The maximum atomic E-state index is 5.72. The number of ether oxygens (including phenoxy) is 1. The third kappa shape index (κ3) is 4.13. The van der Waals surface area contributed by atoms with Crippen LogP contribution >= 0.6 is 11.6 Å². The van der Waals surface area contributed by atoms with E-state index in [9.17, 15) is 0 Å². The molecule has 0 bridgehead atoms. The molecule has 1 rings (SSSR count). The fraction of sp³-hybridized carbons (Fsp3) is 0.538. The summed E-state index contributed by atoms with van der Waals surface area (Å²) in [4.78, 5) is 0. The number of aryl methyl sites for hydroxylation is 1. The first-order chi connectivity index (χ1) is 7.25. The van der Waals surface area contributed by atoms with Gasteiger partial charge in [-0.05, 0) is 50.3 Å². The van der Waals surface area contributed by atoms with Crippen LogP contribution in [0.15, 0.2) is 18.2 Å². The highest BCUT2D eigenvalue weighted by atomic mass is 35.5. The van der Waals surface area contributed by atoms with Crippen LogP contribution in [0.25, 0.3) is 0 Å². The number of alkyl halides is 1. The summed E-state index contributed by atoms with van der Waals surface area (Å²) in [6.45, 7) is 5.00. The van der Waals surface area contributed by atoms with E-state index in [0.717, 1.165) is 37.5 Å². The van der Waals surface area contributed by atoms with E-state index in [1.54, 1.807) is 0 Å². The van der Waals surface area contributed by atoms with E-state index >= 15 is 0 Å². The van der Waals surface area contributed by atoms with Gasteiger partial charge in [-0.2, -0.15) is 0 Å². The average molecular weight is 227 g/mol. The fourth-order valence-electron chi connectivity index (χ4n) is 1.44. The summed E-state index contributed by atoms with van der Waals surface area (Å²) in [6.07, 6.45) is 3.31. The lowest BCUT2D eigenvalue weighted by Crippen LogP contribution is -1.99. The van der Waals surface area contributed by atoms with Crippen molar-refractivity contribution < 1.29 is 4.74 Å². The minimum Gasteiger partial charge on any atom is -0.493 e. The Balaban J connectivity index is 2.34. The molecule has 0 saturated heterocycles. The second-order valence-corrected chi connectivity index (χ2v) is 4.17. The number of hydrogen-bond acceptors (Lipinski definition) is 1. The van der Waals surface area contributed by atoms with E-state index in [-0.39, 0.29) is 0 Å². The summed E-state index contributed by atoms with van der Waals surface area (Å²) < 4.78 is 5.72. The van der Waals surface area contributed by atoms with Crippen molar-refractivity contribution in [2.24, 2.45) is 0 Å². The van der Waals surface area contributed by atoms with Gasteiger partial charge in [-0.1, -0.05) is 12.1 Å². The zero-order valence-electron chi connectivity index (χ0n) is 9.55. The SMILES string of the molecule is Cc1cccc(OCCCCCCl)c1C. The normalized spacial score (nSPS) is 10.3. The van der Waals surface area contributed by atoms with Gasteiger partial charge in [-0.15, -0.1) is 11.6 Å². The zero-order valence-corrected chi connectivity index (χ0v) is 10.3. The Hall–Kier alpha value is -0.690. The highest BCUT2D eigenvalue weighted by Gasteiger charge is 2.00. The van der Waals surface area contributed by atoms with Gasteiger partial charge in [0.15, 0.2) is 0 Å². The van der Waals surface area contributed by atoms with E-state index in [0.29, 0.717) is 0 Å². The van der Waals surface area contributed by atoms with Crippen LogP contribution in [0.1, 0.15) is 30.4 Å². The Morgan fingerprint density at radius 2 is 1.93 bits per heavy atom. The molecule has 0 amide bonds. The Labute approximate surface area is 97.4 Å². The van der Waals surface area contributed by atoms with Gasteiger partial charge in [0.1, 0.15) is 5.75 Å².